The second-order valence-electron chi connectivity index (χ2n) is 11.4. The molecule has 2 fully saturated rings. The van der Waals surface area contributed by atoms with Gasteiger partial charge in [0.2, 0.25) is 0 Å². The summed E-state index contributed by atoms with van der Waals surface area (Å²) in [6, 6.07) is 0. The second kappa shape index (κ2) is 15.1. The molecule has 0 heteroatoms. The number of hydrogen-bond donors (Lipinski definition) is 0. The van der Waals surface area contributed by atoms with Crippen molar-refractivity contribution < 1.29 is 0 Å². The third-order valence-corrected chi connectivity index (χ3v) is 8.75. The summed E-state index contributed by atoms with van der Waals surface area (Å²) >= 11 is 0. The summed E-state index contributed by atoms with van der Waals surface area (Å²) in [5.41, 5.74) is 0.532. The molecule has 2 aliphatic carbocycles. The fraction of sp³-hybridized carbons (Fsp3) is 0.875. The van der Waals surface area contributed by atoms with E-state index >= 15 is 0 Å². The van der Waals surface area contributed by atoms with Gasteiger partial charge in [-0.15, -0.1) is 0 Å². The Morgan fingerprint density at radius 1 is 0.531 bits per heavy atom. The summed E-state index contributed by atoms with van der Waals surface area (Å²) in [6.45, 7) is 9.31. The zero-order valence-electron chi connectivity index (χ0n) is 22.3. The average molecular weight is 439 g/mol. The highest BCUT2D eigenvalue weighted by atomic mass is 14.4. The van der Waals surface area contributed by atoms with Gasteiger partial charge >= 0.3 is 0 Å². The molecule has 0 radical (unpaired) electrons. The third kappa shape index (κ3) is 9.17. The smallest absolute Gasteiger partial charge is 0.0325 e. The molecule has 0 saturated heterocycles. The third-order valence-electron chi connectivity index (χ3n) is 8.75. The maximum atomic E-state index is 3.79. The molecule has 2 rings (SSSR count). The second-order valence-corrected chi connectivity index (χ2v) is 11.4. The molecule has 0 bridgehead atoms. The van der Waals surface area contributed by atoms with Gasteiger partial charge in [0, 0.05) is 10.8 Å². The Kier molecular flexibility index (Phi) is 12.9. The van der Waals surface area contributed by atoms with E-state index < -0.39 is 0 Å². The van der Waals surface area contributed by atoms with Crippen LogP contribution in [-0.2, 0) is 0 Å². The molecule has 0 aromatic heterocycles. The first-order valence-corrected chi connectivity index (χ1v) is 14.6. The first-order valence-electron chi connectivity index (χ1n) is 14.6. The van der Waals surface area contributed by atoms with Gasteiger partial charge in [0.05, 0.1) is 0 Å². The highest BCUT2D eigenvalue weighted by Gasteiger charge is 2.34. The fourth-order valence-corrected chi connectivity index (χ4v) is 6.48. The van der Waals surface area contributed by atoms with Gasteiger partial charge in [0.1, 0.15) is 0 Å². The van der Waals surface area contributed by atoms with Crippen molar-refractivity contribution >= 4 is 0 Å². The topological polar surface area (TPSA) is 0 Å². The van der Waals surface area contributed by atoms with Crippen LogP contribution in [0.1, 0.15) is 156 Å². The Morgan fingerprint density at radius 3 is 1.22 bits per heavy atom. The Balaban J connectivity index is 2.07. The monoisotopic (exact) mass is 438 g/mol. The number of rotatable bonds is 12. The van der Waals surface area contributed by atoms with Gasteiger partial charge in [0.25, 0.3) is 0 Å². The molecule has 32 heavy (non-hydrogen) atoms. The summed E-state index contributed by atoms with van der Waals surface area (Å²) in [7, 11) is 0. The molecule has 0 atom stereocenters. The SMILES string of the molecule is CCCCCC1(C#CC#CC2(CCCCC)CCC(CCC)CC2)CCC(CCC)CC1. The maximum Gasteiger partial charge on any atom is 0.0325 e. The molecule has 0 aromatic rings. The fourth-order valence-electron chi connectivity index (χ4n) is 6.48. The lowest BCUT2D eigenvalue weighted by Crippen LogP contribution is -2.26. The van der Waals surface area contributed by atoms with Gasteiger partial charge < -0.3 is 0 Å². The predicted molar refractivity (Wildman–Crippen MR) is 142 cm³/mol. The lowest BCUT2D eigenvalue weighted by atomic mass is 9.67. The Labute approximate surface area is 202 Å². The van der Waals surface area contributed by atoms with Crippen molar-refractivity contribution in [3.05, 3.63) is 0 Å². The van der Waals surface area contributed by atoms with E-state index in [-0.39, 0.29) is 10.8 Å². The molecular weight excluding hydrogens is 384 g/mol. The molecule has 0 spiro atoms. The van der Waals surface area contributed by atoms with Crippen LogP contribution in [0.15, 0.2) is 0 Å². The summed E-state index contributed by atoms with van der Waals surface area (Å²) < 4.78 is 0. The van der Waals surface area contributed by atoms with Crippen LogP contribution in [0.2, 0.25) is 0 Å². The highest BCUT2D eigenvalue weighted by Crippen LogP contribution is 2.45. The van der Waals surface area contributed by atoms with Crippen molar-refractivity contribution in [2.24, 2.45) is 22.7 Å². The first kappa shape index (κ1) is 27.4. The predicted octanol–water partition coefficient (Wildman–Crippen LogP) is 10.1. The van der Waals surface area contributed by atoms with E-state index in [2.05, 4.69) is 51.4 Å². The summed E-state index contributed by atoms with van der Waals surface area (Å²) in [4.78, 5) is 0. The molecule has 0 aromatic carbocycles. The van der Waals surface area contributed by atoms with E-state index in [9.17, 15) is 0 Å². The van der Waals surface area contributed by atoms with Crippen LogP contribution in [0.3, 0.4) is 0 Å². The standard InChI is InChI=1S/C32H54/c1-5-9-11-21-31(25-17-29(15-7-3)18-26-31)23-13-14-24-32(22-12-10-6-2)27-19-30(16-8-4)20-28-32/h29-30H,5-12,15-22,25-28H2,1-4H3. The Morgan fingerprint density at radius 2 is 0.906 bits per heavy atom. The molecular formula is C32H54. The molecule has 2 saturated carbocycles. The minimum Gasteiger partial charge on any atom is -0.0823 e. The summed E-state index contributed by atoms with van der Waals surface area (Å²) in [5, 5.41) is 0. The van der Waals surface area contributed by atoms with E-state index in [0.717, 1.165) is 11.8 Å². The molecule has 0 N–H and O–H groups in total. The van der Waals surface area contributed by atoms with Crippen LogP contribution >= 0.6 is 0 Å². The molecule has 2 aliphatic rings. The Hall–Kier alpha value is -0.880. The quantitative estimate of drug-likeness (QED) is 0.210. The minimum atomic E-state index is 0.266. The zero-order chi connectivity index (χ0) is 23.1. The van der Waals surface area contributed by atoms with Gasteiger partial charge in [-0.25, -0.2) is 0 Å². The Bertz CT molecular complexity index is 546. The molecule has 0 heterocycles. The van der Waals surface area contributed by atoms with Gasteiger partial charge in [-0.3, -0.25) is 0 Å². The summed E-state index contributed by atoms with van der Waals surface area (Å²) in [6.07, 6.45) is 26.9. The van der Waals surface area contributed by atoms with Crippen LogP contribution in [0.4, 0.5) is 0 Å². The van der Waals surface area contributed by atoms with Crippen LogP contribution < -0.4 is 0 Å². The van der Waals surface area contributed by atoms with Gasteiger partial charge in [0.15, 0.2) is 0 Å². The van der Waals surface area contributed by atoms with Gasteiger partial charge in [-0.05, 0) is 87.9 Å². The maximum absolute atomic E-state index is 3.79. The molecule has 182 valence electrons. The van der Waals surface area contributed by atoms with Crippen LogP contribution in [0.25, 0.3) is 0 Å². The minimum absolute atomic E-state index is 0.266. The van der Waals surface area contributed by atoms with Crippen LogP contribution in [0.5, 0.6) is 0 Å². The molecule has 0 aliphatic heterocycles. The van der Waals surface area contributed by atoms with Crippen molar-refractivity contribution in [1.29, 1.82) is 0 Å². The average Bonchev–Trinajstić information content (AvgIpc) is 2.81. The van der Waals surface area contributed by atoms with Crippen molar-refractivity contribution in [1.82, 2.24) is 0 Å². The van der Waals surface area contributed by atoms with E-state index in [1.54, 1.807) is 0 Å². The summed E-state index contributed by atoms with van der Waals surface area (Å²) in [5.74, 6) is 16.4. The first-order chi connectivity index (χ1) is 15.6. The van der Waals surface area contributed by atoms with Crippen molar-refractivity contribution in [2.75, 3.05) is 0 Å². The number of unbranched alkanes of at least 4 members (excludes halogenated alkanes) is 4. The highest BCUT2D eigenvalue weighted by molar-refractivity contribution is 5.32. The molecule has 0 amide bonds. The molecule has 0 unspecified atom stereocenters. The van der Waals surface area contributed by atoms with E-state index in [1.807, 2.05) is 0 Å². The van der Waals surface area contributed by atoms with E-state index in [0.29, 0.717) is 0 Å². The van der Waals surface area contributed by atoms with Gasteiger partial charge in [-0.1, -0.05) is 104 Å². The van der Waals surface area contributed by atoms with Gasteiger partial charge in [-0.2, -0.15) is 0 Å². The van der Waals surface area contributed by atoms with Crippen molar-refractivity contribution in [3.63, 3.8) is 0 Å². The van der Waals surface area contributed by atoms with E-state index in [4.69, 9.17) is 0 Å². The zero-order valence-corrected chi connectivity index (χ0v) is 22.3. The van der Waals surface area contributed by atoms with Crippen LogP contribution in [-0.4, -0.2) is 0 Å². The van der Waals surface area contributed by atoms with E-state index in [1.165, 1.54) is 128 Å². The van der Waals surface area contributed by atoms with Crippen molar-refractivity contribution in [2.45, 2.75) is 156 Å². The lowest BCUT2D eigenvalue weighted by molar-refractivity contribution is 0.187. The van der Waals surface area contributed by atoms with Crippen molar-refractivity contribution in [3.8, 4) is 23.7 Å². The lowest BCUT2D eigenvalue weighted by Gasteiger charge is -2.37. The van der Waals surface area contributed by atoms with Crippen LogP contribution in [0, 0.1) is 46.3 Å². The molecule has 0 nitrogen and oxygen atoms in total. The normalized spacial score (nSPS) is 30.1. The largest absolute Gasteiger partial charge is 0.0823 e. The number of hydrogen-bond acceptors (Lipinski definition) is 0.